The van der Waals surface area contributed by atoms with Crippen LogP contribution in [-0.4, -0.2) is 77.9 Å². The van der Waals surface area contributed by atoms with Crippen molar-refractivity contribution in [1.29, 1.82) is 0 Å². The highest BCUT2D eigenvalue weighted by Crippen LogP contribution is 2.31. The number of hydrogen-bond donors (Lipinski definition) is 2. The van der Waals surface area contributed by atoms with Gasteiger partial charge in [0.05, 0.1) is 25.1 Å². The number of alkyl halides is 3. The second-order valence-corrected chi connectivity index (χ2v) is 7.89. The van der Waals surface area contributed by atoms with E-state index in [0.717, 1.165) is 45.2 Å². The molecule has 0 radical (unpaired) electrons. The molecule has 2 N–H and O–H groups in total. The first-order valence-electron chi connectivity index (χ1n) is 10.2. The van der Waals surface area contributed by atoms with E-state index in [4.69, 9.17) is 0 Å². The molecule has 5 nitrogen and oxygen atoms in total. The van der Waals surface area contributed by atoms with Crippen LogP contribution in [0.3, 0.4) is 0 Å². The molecule has 0 aromatic heterocycles. The third-order valence-electron chi connectivity index (χ3n) is 6.02. The molecule has 0 aromatic carbocycles. The van der Waals surface area contributed by atoms with Crippen LogP contribution in [0, 0.1) is 5.92 Å². The quantitative estimate of drug-likeness (QED) is 0.697. The highest BCUT2D eigenvalue weighted by atomic mass is 19.4. The summed E-state index contributed by atoms with van der Waals surface area (Å²) in [5.74, 6) is -0.0628. The minimum atomic E-state index is -4.26. The maximum absolute atomic E-state index is 13.5. The van der Waals surface area contributed by atoms with Gasteiger partial charge in [-0.3, -0.25) is 9.69 Å². The summed E-state index contributed by atoms with van der Waals surface area (Å²) < 4.78 is 39.0. The number of carbonyl (C=O) groups excluding carboxylic acids is 1. The third kappa shape index (κ3) is 6.06. The second-order valence-electron chi connectivity index (χ2n) is 7.89. The number of aliphatic hydroxyl groups excluding tert-OH is 1. The zero-order valence-corrected chi connectivity index (χ0v) is 16.5. The largest absolute Gasteiger partial charge is 0.394 e. The number of aliphatic hydroxyl groups is 1. The summed E-state index contributed by atoms with van der Waals surface area (Å²) in [6.45, 7) is 5.85. The zero-order chi connectivity index (χ0) is 20.0. The van der Waals surface area contributed by atoms with Gasteiger partial charge >= 0.3 is 6.18 Å². The van der Waals surface area contributed by atoms with Crippen LogP contribution in [0.4, 0.5) is 13.2 Å². The lowest BCUT2D eigenvalue weighted by Gasteiger charge is -2.45. The molecule has 2 aliphatic rings. The van der Waals surface area contributed by atoms with Crippen LogP contribution in [0.5, 0.6) is 0 Å². The lowest BCUT2D eigenvalue weighted by molar-refractivity contribution is -0.158. The molecule has 2 aliphatic heterocycles. The summed E-state index contributed by atoms with van der Waals surface area (Å²) in [5.41, 5.74) is 0. The first-order valence-corrected chi connectivity index (χ1v) is 10.2. The van der Waals surface area contributed by atoms with Crippen molar-refractivity contribution in [3.05, 3.63) is 0 Å². The number of halogens is 3. The second kappa shape index (κ2) is 10.1. The molecule has 0 aliphatic carbocycles. The molecule has 8 heteroatoms. The Morgan fingerprint density at radius 2 is 1.93 bits per heavy atom. The number of carbonyl (C=O) groups is 1. The van der Waals surface area contributed by atoms with Crippen molar-refractivity contribution in [3.63, 3.8) is 0 Å². The van der Waals surface area contributed by atoms with Crippen molar-refractivity contribution in [2.75, 3.05) is 32.8 Å². The minimum absolute atomic E-state index is 0.0376. The Labute approximate surface area is 160 Å². The van der Waals surface area contributed by atoms with Gasteiger partial charge in [-0.25, -0.2) is 0 Å². The molecule has 0 saturated carbocycles. The number of hydrogen-bond acceptors (Lipinski definition) is 4. The lowest BCUT2D eigenvalue weighted by Crippen LogP contribution is -2.59. The van der Waals surface area contributed by atoms with E-state index in [0.29, 0.717) is 13.1 Å². The molecule has 0 spiro atoms. The fourth-order valence-corrected chi connectivity index (χ4v) is 4.66. The minimum Gasteiger partial charge on any atom is -0.394 e. The van der Waals surface area contributed by atoms with E-state index in [-0.39, 0.29) is 24.5 Å². The van der Waals surface area contributed by atoms with Crippen LogP contribution in [0.2, 0.25) is 0 Å². The molecule has 3 atom stereocenters. The van der Waals surface area contributed by atoms with Crippen molar-refractivity contribution in [2.45, 2.75) is 76.7 Å². The Hall–Kier alpha value is -0.860. The van der Waals surface area contributed by atoms with Crippen LogP contribution in [0.1, 0.15) is 52.4 Å². The first-order chi connectivity index (χ1) is 12.8. The van der Waals surface area contributed by atoms with Crippen LogP contribution in [0.25, 0.3) is 0 Å². The Bertz CT molecular complexity index is 470. The van der Waals surface area contributed by atoms with E-state index < -0.39 is 24.7 Å². The molecule has 3 unspecified atom stereocenters. The van der Waals surface area contributed by atoms with Crippen LogP contribution >= 0.6 is 0 Å². The van der Waals surface area contributed by atoms with Gasteiger partial charge in [-0.15, -0.1) is 0 Å². The van der Waals surface area contributed by atoms with Gasteiger partial charge in [0.15, 0.2) is 0 Å². The summed E-state index contributed by atoms with van der Waals surface area (Å²) in [6, 6.07) is -1.52. The molecule has 2 fully saturated rings. The summed E-state index contributed by atoms with van der Waals surface area (Å²) >= 11 is 0. The molecule has 158 valence electrons. The van der Waals surface area contributed by atoms with Gasteiger partial charge in [0, 0.05) is 12.6 Å². The molecule has 2 rings (SSSR count). The highest BCUT2D eigenvalue weighted by Gasteiger charge is 2.42. The Morgan fingerprint density at radius 3 is 2.48 bits per heavy atom. The van der Waals surface area contributed by atoms with E-state index in [1.54, 1.807) is 16.7 Å². The molecule has 1 amide bonds. The fourth-order valence-electron chi connectivity index (χ4n) is 4.66. The van der Waals surface area contributed by atoms with Crippen LogP contribution < -0.4 is 5.32 Å². The molecule has 2 heterocycles. The van der Waals surface area contributed by atoms with E-state index in [1.807, 2.05) is 6.92 Å². The van der Waals surface area contributed by atoms with Gasteiger partial charge in [0.2, 0.25) is 5.91 Å². The van der Waals surface area contributed by atoms with Crippen molar-refractivity contribution >= 4 is 5.91 Å². The average Bonchev–Trinajstić information content (AvgIpc) is 2.64. The highest BCUT2D eigenvalue weighted by molar-refractivity contribution is 5.82. The molecular formula is C19H34F3N3O2. The number of amides is 1. The number of nitrogens with zero attached hydrogens (tertiary/aromatic N) is 2. The molecular weight excluding hydrogens is 359 g/mol. The third-order valence-corrected chi connectivity index (χ3v) is 6.02. The Kier molecular flexibility index (Phi) is 8.37. The van der Waals surface area contributed by atoms with Crippen molar-refractivity contribution in [2.24, 2.45) is 5.92 Å². The summed E-state index contributed by atoms with van der Waals surface area (Å²) in [6.07, 6.45) is -1.01. The molecule has 27 heavy (non-hydrogen) atoms. The van der Waals surface area contributed by atoms with Gasteiger partial charge in [0.1, 0.15) is 0 Å². The van der Waals surface area contributed by atoms with Gasteiger partial charge in [-0.05, 0) is 64.6 Å². The Morgan fingerprint density at radius 1 is 1.26 bits per heavy atom. The van der Waals surface area contributed by atoms with Crippen molar-refractivity contribution < 1.29 is 23.1 Å². The first kappa shape index (κ1) is 22.4. The lowest BCUT2D eigenvalue weighted by atomic mass is 9.86. The van der Waals surface area contributed by atoms with E-state index in [1.165, 1.54) is 0 Å². The number of likely N-dealkylation sites (N-methyl/N-ethyl adjacent to an activating group) is 1. The van der Waals surface area contributed by atoms with Crippen LogP contribution in [-0.2, 0) is 4.79 Å². The zero-order valence-electron chi connectivity index (χ0n) is 16.5. The van der Waals surface area contributed by atoms with Crippen LogP contribution in [0.15, 0.2) is 0 Å². The maximum Gasteiger partial charge on any atom is 0.390 e. The summed E-state index contributed by atoms with van der Waals surface area (Å²) in [4.78, 5) is 17.0. The topological polar surface area (TPSA) is 55.8 Å². The summed E-state index contributed by atoms with van der Waals surface area (Å²) in [7, 11) is 0. The van der Waals surface area contributed by atoms with Gasteiger partial charge in [0.25, 0.3) is 0 Å². The van der Waals surface area contributed by atoms with E-state index in [2.05, 4.69) is 5.32 Å². The number of rotatable bonds is 7. The predicted octanol–water partition coefficient (Wildman–Crippen LogP) is 2.39. The average molecular weight is 393 g/mol. The molecule has 0 aromatic rings. The maximum atomic E-state index is 13.5. The fraction of sp³-hybridized carbons (Fsp3) is 0.947. The van der Waals surface area contributed by atoms with E-state index >= 15 is 0 Å². The smallest absolute Gasteiger partial charge is 0.390 e. The molecule has 2 saturated heterocycles. The van der Waals surface area contributed by atoms with Crippen molar-refractivity contribution in [3.8, 4) is 0 Å². The van der Waals surface area contributed by atoms with E-state index in [9.17, 15) is 23.1 Å². The standard InChI is InChI=1S/C19H34F3N3O2/c1-3-24(14(2)12-19(20,21)22)17(15-7-9-23-10-8-15)18(27)25-11-5-4-6-16(25)13-26/h14-17,23,26H,3-13H2,1-2H3. The summed E-state index contributed by atoms with van der Waals surface area (Å²) in [5, 5.41) is 13.0. The van der Waals surface area contributed by atoms with Gasteiger partial charge in [-0.2, -0.15) is 13.2 Å². The number of likely N-dealkylation sites (tertiary alicyclic amines) is 1. The van der Waals surface area contributed by atoms with Gasteiger partial charge < -0.3 is 15.3 Å². The number of nitrogens with one attached hydrogen (secondary N) is 1. The number of piperidine rings is 2. The Balaban J connectivity index is 2.26. The normalized spacial score (nSPS) is 24.9. The molecule has 0 bridgehead atoms. The van der Waals surface area contributed by atoms with Gasteiger partial charge in [-0.1, -0.05) is 6.92 Å². The monoisotopic (exact) mass is 393 g/mol. The predicted molar refractivity (Wildman–Crippen MR) is 98.3 cm³/mol. The van der Waals surface area contributed by atoms with Crippen molar-refractivity contribution in [1.82, 2.24) is 15.1 Å². The SMILES string of the molecule is CCN(C(C)CC(F)(F)F)C(C(=O)N1CCCCC1CO)C1CCNCC1.